The monoisotopic (exact) mass is 374 g/mol. The van der Waals surface area contributed by atoms with Crippen LogP contribution in [0.2, 0.25) is 0 Å². The molecule has 0 saturated carbocycles. The molecular formula is C17H18N4O4S. The van der Waals surface area contributed by atoms with Gasteiger partial charge in [-0.05, 0) is 38.1 Å². The molecule has 0 spiro atoms. The van der Waals surface area contributed by atoms with E-state index in [-0.39, 0.29) is 34.0 Å². The fourth-order valence-corrected chi connectivity index (χ4v) is 3.23. The number of rotatable bonds is 5. The van der Waals surface area contributed by atoms with Crippen molar-refractivity contribution in [2.24, 2.45) is 10.2 Å². The number of aromatic nitrogens is 1. The molecule has 1 heterocycles. The maximum absolute atomic E-state index is 12.4. The first-order valence-electron chi connectivity index (χ1n) is 7.87. The van der Waals surface area contributed by atoms with Crippen molar-refractivity contribution in [1.29, 1.82) is 5.26 Å². The summed E-state index contributed by atoms with van der Waals surface area (Å²) in [6.45, 7) is 4.89. The van der Waals surface area contributed by atoms with Gasteiger partial charge in [0, 0.05) is 12.1 Å². The van der Waals surface area contributed by atoms with Gasteiger partial charge in [-0.1, -0.05) is 6.92 Å². The maximum Gasteiger partial charge on any atom is 0.281 e. The summed E-state index contributed by atoms with van der Waals surface area (Å²) in [5.74, 6) is -0.404. The minimum absolute atomic E-state index is 0.00589. The molecule has 0 amide bonds. The summed E-state index contributed by atoms with van der Waals surface area (Å²) in [6, 6.07) is 7.65. The van der Waals surface area contributed by atoms with Gasteiger partial charge < -0.3 is 5.11 Å². The lowest BCUT2D eigenvalue weighted by atomic mass is 10.1. The van der Waals surface area contributed by atoms with Gasteiger partial charge in [-0.15, -0.1) is 5.11 Å². The highest BCUT2D eigenvalue weighted by atomic mass is 32.2. The first kappa shape index (κ1) is 19.3. The first-order valence-corrected chi connectivity index (χ1v) is 9.53. The highest BCUT2D eigenvalue weighted by Gasteiger charge is 2.18. The maximum atomic E-state index is 12.4. The molecule has 0 unspecified atom stereocenters. The Bertz CT molecular complexity index is 1060. The third-order valence-corrected chi connectivity index (χ3v) is 5.68. The molecule has 0 aliphatic heterocycles. The summed E-state index contributed by atoms with van der Waals surface area (Å²) >= 11 is 0. The van der Waals surface area contributed by atoms with Gasteiger partial charge in [0.2, 0.25) is 5.88 Å². The fraction of sp³-hybridized carbons (Fsp3) is 0.294. The molecule has 2 aromatic rings. The van der Waals surface area contributed by atoms with Crippen LogP contribution in [0.25, 0.3) is 0 Å². The van der Waals surface area contributed by atoms with Gasteiger partial charge in [0.15, 0.2) is 15.5 Å². The van der Waals surface area contributed by atoms with Crippen molar-refractivity contribution in [1.82, 2.24) is 4.57 Å². The Morgan fingerprint density at radius 2 is 1.81 bits per heavy atom. The lowest BCUT2D eigenvalue weighted by Crippen LogP contribution is -2.20. The third kappa shape index (κ3) is 3.50. The Morgan fingerprint density at radius 3 is 2.31 bits per heavy atom. The molecule has 0 aliphatic carbocycles. The van der Waals surface area contributed by atoms with Crippen molar-refractivity contribution in [2.75, 3.05) is 5.75 Å². The quantitative estimate of drug-likeness (QED) is 0.805. The van der Waals surface area contributed by atoms with E-state index in [9.17, 15) is 23.6 Å². The largest absolute Gasteiger partial charge is 0.493 e. The SMILES string of the molecule is CCn1c(O)c(C#N)c(C)c(N=Nc2ccc(S(=O)(=O)CC)cc2)c1=O. The third-order valence-electron chi connectivity index (χ3n) is 3.93. The highest BCUT2D eigenvalue weighted by Crippen LogP contribution is 2.27. The number of nitrogens with zero attached hydrogens (tertiary/aromatic N) is 4. The van der Waals surface area contributed by atoms with E-state index in [4.69, 9.17) is 0 Å². The number of benzene rings is 1. The average Bonchev–Trinajstić information content (AvgIpc) is 2.62. The van der Waals surface area contributed by atoms with E-state index < -0.39 is 21.3 Å². The Balaban J connectivity index is 2.49. The summed E-state index contributed by atoms with van der Waals surface area (Å²) in [5.41, 5.74) is -0.0613. The number of azo groups is 1. The fourth-order valence-electron chi connectivity index (χ4n) is 2.35. The minimum Gasteiger partial charge on any atom is -0.493 e. The van der Waals surface area contributed by atoms with Gasteiger partial charge in [-0.3, -0.25) is 9.36 Å². The molecule has 26 heavy (non-hydrogen) atoms. The predicted octanol–water partition coefficient (Wildman–Crippen LogP) is 2.96. The van der Waals surface area contributed by atoms with Crippen LogP contribution in [0.1, 0.15) is 25.0 Å². The van der Waals surface area contributed by atoms with E-state index >= 15 is 0 Å². The molecule has 0 saturated heterocycles. The van der Waals surface area contributed by atoms with Crippen LogP contribution in [-0.4, -0.2) is 23.8 Å². The van der Waals surface area contributed by atoms with E-state index in [2.05, 4.69) is 10.2 Å². The second-order valence-corrected chi connectivity index (χ2v) is 7.71. The van der Waals surface area contributed by atoms with Crippen LogP contribution in [0.3, 0.4) is 0 Å². The van der Waals surface area contributed by atoms with Crippen molar-refractivity contribution in [3.8, 4) is 11.9 Å². The van der Waals surface area contributed by atoms with Crippen molar-refractivity contribution >= 4 is 21.2 Å². The van der Waals surface area contributed by atoms with Crippen LogP contribution in [0.5, 0.6) is 5.88 Å². The van der Waals surface area contributed by atoms with Gasteiger partial charge in [-0.25, -0.2) is 8.42 Å². The Hall–Kier alpha value is -2.99. The smallest absolute Gasteiger partial charge is 0.281 e. The van der Waals surface area contributed by atoms with Crippen molar-refractivity contribution in [2.45, 2.75) is 32.2 Å². The second-order valence-electron chi connectivity index (χ2n) is 5.43. The van der Waals surface area contributed by atoms with E-state index in [0.29, 0.717) is 5.69 Å². The summed E-state index contributed by atoms with van der Waals surface area (Å²) in [6.07, 6.45) is 0. The van der Waals surface area contributed by atoms with Crippen molar-refractivity contribution < 1.29 is 13.5 Å². The van der Waals surface area contributed by atoms with Crippen molar-refractivity contribution in [3.05, 3.63) is 45.7 Å². The van der Waals surface area contributed by atoms with Gasteiger partial charge in [-0.2, -0.15) is 10.4 Å². The Kier molecular flexibility index (Phi) is 5.57. The van der Waals surface area contributed by atoms with E-state index in [1.165, 1.54) is 31.2 Å². The van der Waals surface area contributed by atoms with Gasteiger partial charge >= 0.3 is 0 Å². The zero-order valence-corrected chi connectivity index (χ0v) is 15.4. The first-order chi connectivity index (χ1) is 12.3. The van der Waals surface area contributed by atoms with Crippen LogP contribution < -0.4 is 5.56 Å². The molecule has 0 aliphatic rings. The molecule has 0 bridgehead atoms. The minimum atomic E-state index is -3.31. The molecule has 8 nitrogen and oxygen atoms in total. The molecule has 2 rings (SSSR count). The Labute approximate surface area is 151 Å². The molecule has 0 fully saturated rings. The van der Waals surface area contributed by atoms with Crippen molar-refractivity contribution in [3.63, 3.8) is 0 Å². The lowest BCUT2D eigenvalue weighted by molar-refractivity contribution is 0.409. The number of aromatic hydroxyl groups is 1. The topological polar surface area (TPSA) is 125 Å². The molecule has 136 valence electrons. The highest BCUT2D eigenvalue weighted by molar-refractivity contribution is 7.91. The van der Waals surface area contributed by atoms with Crippen LogP contribution in [0.4, 0.5) is 11.4 Å². The number of pyridine rings is 1. The molecular weight excluding hydrogens is 356 g/mol. The van der Waals surface area contributed by atoms with Crippen LogP contribution in [-0.2, 0) is 16.4 Å². The predicted molar refractivity (Wildman–Crippen MR) is 95.8 cm³/mol. The zero-order valence-electron chi connectivity index (χ0n) is 14.6. The molecule has 1 aromatic heterocycles. The van der Waals surface area contributed by atoms with Gasteiger partial charge in [0.05, 0.1) is 16.3 Å². The zero-order chi connectivity index (χ0) is 19.5. The van der Waals surface area contributed by atoms with E-state index in [1.807, 2.05) is 6.07 Å². The van der Waals surface area contributed by atoms with Gasteiger partial charge in [0.25, 0.3) is 5.56 Å². The summed E-state index contributed by atoms with van der Waals surface area (Å²) in [5, 5.41) is 27.1. The molecule has 1 aromatic carbocycles. The number of hydrogen-bond donors (Lipinski definition) is 1. The van der Waals surface area contributed by atoms with E-state index in [1.54, 1.807) is 13.8 Å². The van der Waals surface area contributed by atoms with E-state index in [0.717, 1.165) is 4.57 Å². The summed E-state index contributed by atoms with van der Waals surface area (Å²) in [7, 11) is -3.31. The normalized spacial score (nSPS) is 11.6. The average molecular weight is 374 g/mol. The van der Waals surface area contributed by atoms with Crippen LogP contribution in [0, 0.1) is 18.3 Å². The van der Waals surface area contributed by atoms with Crippen LogP contribution in [0.15, 0.2) is 44.2 Å². The lowest BCUT2D eigenvalue weighted by Gasteiger charge is -2.10. The molecule has 0 radical (unpaired) electrons. The number of nitriles is 1. The summed E-state index contributed by atoms with van der Waals surface area (Å²) in [4.78, 5) is 12.6. The molecule has 0 atom stereocenters. The molecule has 9 heteroatoms. The number of hydrogen-bond acceptors (Lipinski definition) is 7. The molecule has 1 N–H and O–H groups in total. The second kappa shape index (κ2) is 7.49. The standard InChI is InChI=1S/C17H18N4O4S/c1-4-21-16(22)14(10-18)11(3)15(17(21)23)20-19-12-6-8-13(9-7-12)26(24,25)5-2/h6-9,22H,4-5H2,1-3H3. The van der Waals surface area contributed by atoms with Crippen LogP contribution >= 0.6 is 0 Å². The number of sulfone groups is 1. The Morgan fingerprint density at radius 1 is 1.19 bits per heavy atom. The van der Waals surface area contributed by atoms with Gasteiger partial charge in [0.1, 0.15) is 11.6 Å². The summed E-state index contributed by atoms with van der Waals surface area (Å²) < 4.78 is 24.6.